The lowest BCUT2D eigenvalue weighted by molar-refractivity contribution is -0.126. The topological polar surface area (TPSA) is 125 Å². The van der Waals surface area contributed by atoms with Gasteiger partial charge in [0, 0.05) is 13.1 Å². The number of benzene rings is 1. The van der Waals surface area contributed by atoms with Crippen LogP contribution in [0.15, 0.2) is 30.3 Å². The van der Waals surface area contributed by atoms with E-state index < -0.39 is 17.7 Å². The number of nitrogens with one attached hydrogen (secondary N) is 1. The first-order valence-electron chi connectivity index (χ1n) is 9.76. The molecule has 2 amide bonds. The Hall–Kier alpha value is -2.98. The molecule has 2 heterocycles. The van der Waals surface area contributed by atoms with Crippen LogP contribution in [0, 0.1) is 0 Å². The largest absolute Gasteiger partial charge is 0.453 e. The van der Waals surface area contributed by atoms with Crippen LogP contribution < -0.4 is 11.1 Å². The number of carbonyl (C=O) groups is 2. The van der Waals surface area contributed by atoms with Gasteiger partial charge in [-0.15, -0.1) is 10.2 Å². The highest BCUT2D eigenvalue weighted by Gasteiger charge is 2.31. The fourth-order valence-corrected chi connectivity index (χ4v) is 3.12. The van der Waals surface area contributed by atoms with Gasteiger partial charge in [-0.1, -0.05) is 30.3 Å². The molecule has 0 saturated heterocycles. The predicted molar refractivity (Wildman–Crippen MR) is 108 cm³/mol. The third kappa shape index (κ3) is 5.14. The number of hydrogen-bond donors (Lipinski definition) is 2. The van der Waals surface area contributed by atoms with Crippen LogP contribution in [-0.4, -0.2) is 57.5 Å². The van der Waals surface area contributed by atoms with Crippen LogP contribution in [0.25, 0.3) is 0 Å². The fraction of sp³-hybridized carbons (Fsp3) is 0.500. The number of fused-ring (bicyclic) bond motifs is 1. The standard InChI is InChI=1S/C20H28N6O4/c1-20(2,21)18(27)22-15(13-30-12-14-7-5-4-6-8-14)17-24-23-16-11-25(19(28)29-3)9-10-26(16)17/h4-8,15H,9-13,21H2,1-3H3,(H,22,27)/t15-/m1/s1. The van der Waals surface area contributed by atoms with Crippen molar-refractivity contribution in [2.24, 2.45) is 5.73 Å². The zero-order chi connectivity index (χ0) is 21.7. The minimum atomic E-state index is -1.05. The maximum absolute atomic E-state index is 12.5. The number of ether oxygens (including phenoxy) is 2. The molecule has 10 heteroatoms. The van der Waals surface area contributed by atoms with Gasteiger partial charge in [0.25, 0.3) is 0 Å². The summed E-state index contributed by atoms with van der Waals surface area (Å²) in [6, 6.07) is 9.23. The molecule has 3 N–H and O–H groups in total. The lowest BCUT2D eigenvalue weighted by Gasteiger charge is -2.28. The minimum Gasteiger partial charge on any atom is -0.453 e. The van der Waals surface area contributed by atoms with Crippen LogP contribution >= 0.6 is 0 Å². The van der Waals surface area contributed by atoms with Gasteiger partial charge in [0.2, 0.25) is 5.91 Å². The normalized spacial score (nSPS) is 14.7. The summed E-state index contributed by atoms with van der Waals surface area (Å²) < 4.78 is 12.6. The van der Waals surface area contributed by atoms with Crippen molar-refractivity contribution in [3.63, 3.8) is 0 Å². The maximum Gasteiger partial charge on any atom is 0.409 e. The molecule has 0 radical (unpaired) electrons. The lowest BCUT2D eigenvalue weighted by Crippen LogP contribution is -2.51. The van der Waals surface area contributed by atoms with Gasteiger partial charge in [0.05, 0.1) is 32.4 Å². The van der Waals surface area contributed by atoms with Crippen LogP contribution in [0.1, 0.15) is 37.1 Å². The van der Waals surface area contributed by atoms with E-state index >= 15 is 0 Å². The van der Waals surface area contributed by atoms with Gasteiger partial charge in [-0.2, -0.15) is 0 Å². The Balaban J connectivity index is 1.76. The highest BCUT2D eigenvalue weighted by molar-refractivity contribution is 5.85. The van der Waals surface area contributed by atoms with Gasteiger partial charge in [0.1, 0.15) is 6.04 Å². The van der Waals surface area contributed by atoms with E-state index in [1.807, 2.05) is 34.9 Å². The molecule has 0 bridgehead atoms. The number of nitrogens with two attached hydrogens (primary N) is 1. The zero-order valence-corrected chi connectivity index (χ0v) is 17.5. The highest BCUT2D eigenvalue weighted by Crippen LogP contribution is 2.20. The van der Waals surface area contributed by atoms with Crippen molar-refractivity contribution >= 4 is 12.0 Å². The first-order valence-corrected chi connectivity index (χ1v) is 9.76. The number of amides is 2. The van der Waals surface area contributed by atoms with E-state index in [9.17, 15) is 9.59 Å². The van der Waals surface area contributed by atoms with Crippen molar-refractivity contribution in [1.82, 2.24) is 25.0 Å². The minimum absolute atomic E-state index is 0.204. The van der Waals surface area contributed by atoms with Crippen molar-refractivity contribution < 1.29 is 19.1 Å². The first kappa shape index (κ1) is 21.7. The third-order valence-corrected chi connectivity index (χ3v) is 4.81. The van der Waals surface area contributed by atoms with Gasteiger partial charge >= 0.3 is 6.09 Å². The van der Waals surface area contributed by atoms with Crippen molar-refractivity contribution in [2.45, 2.75) is 45.1 Å². The quantitative estimate of drug-likeness (QED) is 0.689. The summed E-state index contributed by atoms with van der Waals surface area (Å²) in [6.07, 6.45) is -0.410. The van der Waals surface area contributed by atoms with Crippen LogP contribution in [-0.2, 0) is 34.0 Å². The molecule has 0 unspecified atom stereocenters. The third-order valence-electron chi connectivity index (χ3n) is 4.81. The molecule has 0 spiro atoms. The molecule has 2 aromatic rings. The second-order valence-corrected chi connectivity index (χ2v) is 7.77. The molecule has 162 valence electrons. The highest BCUT2D eigenvalue weighted by atomic mass is 16.5. The van der Waals surface area contributed by atoms with Crippen molar-refractivity contribution in [3.8, 4) is 0 Å². The molecule has 0 aliphatic carbocycles. The van der Waals surface area contributed by atoms with Crippen LogP contribution in [0.4, 0.5) is 4.79 Å². The van der Waals surface area contributed by atoms with E-state index in [-0.39, 0.29) is 19.1 Å². The van der Waals surface area contributed by atoms with Gasteiger partial charge in [0.15, 0.2) is 11.6 Å². The maximum atomic E-state index is 12.5. The molecule has 1 aliphatic heterocycles. The zero-order valence-electron chi connectivity index (χ0n) is 17.5. The summed E-state index contributed by atoms with van der Waals surface area (Å²) in [5.41, 5.74) is 5.93. The van der Waals surface area contributed by atoms with Gasteiger partial charge in [-0.05, 0) is 19.4 Å². The van der Waals surface area contributed by atoms with E-state index in [1.165, 1.54) is 7.11 Å². The second kappa shape index (κ2) is 9.23. The molecule has 1 atom stereocenters. The smallest absolute Gasteiger partial charge is 0.409 e. The van der Waals surface area contributed by atoms with Gasteiger partial charge in [-0.3, -0.25) is 9.69 Å². The molecule has 30 heavy (non-hydrogen) atoms. The van der Waals surface area contributed by atoms with E-state index in [0.717, 1.165) is 5.56 Å². The Morgan fingerprint density at radius 2 is 1.97 bits per heavy atom. The second-order valence-electron chi connectivity index (χ2n) is 7.77. The SMILES string of the molecule is COC(=O)N1CCn2c(nnc2[C@@H](COCc2ccccc2)NC(=O)C(C)(C)N)C1. The van der Waals surface area contributed by atoms with Crippen LogP contribution in [0.5, 0.6) is 0 Å². The number of carbonyl (C=O) groups excluding carboxylic acids is 2. The van der Waals surface area contributed by atoms with Crippen molar-refractivity contribution in [3.05, 3.63) is 47.5 Å². The number of aromatic nitrogens is 3. The van der Waals surface area contributed by atoms with Gasteiger partial charge in [-0.25, -0.2) is 4.79 Å². The van der Waals surface area contributed by atoms with E-state index in [4.69, 9.17) is 15.2 Å². The van der Waals surface area contributed by atoms with Crippen LogP contribution in [0.2, 0.25) is 0 Å². The van der Waals surface area contributed by atoms with Crippen LogP contribution in [0.3, 0.4) is 0 Å². The number of nitrogens with zero attached hydrogens (tertiary/aromatic N) is 4. The summed E-state index contributed by atoms with van der Waals surface area (Å²) in [5, 5.41) is 11.4. The molecular formula is C20H28N6O4. The Morgan fingerprint density at radius 1 is 1.23 bits per heavy atom. The summed E-state index contributed by atoms with van der Waals surface area (Å²) in [5.74, 6) is 0.872. The number of hydrogen-bond acceptors (Lipinski definition) is 7. The average Bonchev–Trinajstić information content (AvgIpc) is 3.15. The monoisotopic (exact) mass is 416 g/mol. The Labute approximate surface area is 175 Å². The molecule has 10 nitrogen and oxygen atoms in total. The summed E-state index contributed by atoms with van der Waals surface area (Å²) in [6.45, 7) is 5.11. The number of methoxy groups -OCH3 is 1. The van der Waals surface area contributed by atoms with Crippen molar-refractivity contribution in [2.75, 3.05) is 20.3 Å². The van der Waals surface area contributed by atoms with E-state index in [0.29, 0.717) is 31.3 Å². The van der Waals surface area contributed by atoms with Gasteiger partial charge < -0.3 is 25.1 Å². The summed E-state index contributed by atoms with van der Waals surface area (Å²) in [4.78, 5) is 25.9. The predicted octanol–water partition coefficient (Wildman–Crippen LogP) is 0.972. The molecule has 0 fully saturated rings. The fourth-order valence-electron chi connectivity index (χ4n) is 3.12. The Morgan fingerprint density at radius 3 is 2.63 bits per heavy atom. The van der Waals surface area contributed by atoms with E-state index in [1.54, 1.807) is 18.7 Å². The molecule has 1 aromatic carbocycles. The molecular weight excluding hydrogens is 388 g/mol. The average molecular weight is 416 g/mol. The molecule has 3 rings (SSSR count). The molecule has 1 aliphatic rings. The summed E-state index contributed by atoms with van der Waals surface area (Å²) in [7, 11) is 1.34. The van der Waals surface area contributed by atoms with Crippen molar-refractivity contribution in [1.29, 1.82) is 0 Å². The summed E-state index contributed by atoms with van der Waals surface area (Å²) >= 11 is 0. The molecule has 0 saturated carbocycles. The molecule has 1 aromatic heterocycles. The first-order chi connectivity index (χ1) is 14.3. The number of rotatable bonds is 7. The van der Waals surface area contributed by atoms with E-state index in [2.05, 4.69) is 15.5 Å². The lowest BCUT2D eigenvalue weighted by atomic mass is 10.1. The Bertz CT molecular complexity index is 877. The Kier molecular flexibility index (Phi) is 6.68.